The third kappa shape index (κ3) is 15.1. The summed E-state index contributed by atoms with van der Waals surface area (Å²) in [7, 11) is 0. The van der Waals surface area contributed by atoms with E-state index in [1.807, 2.05) is 48.5 Å². The first-order valence-corrected chi connectivity index (χ1v) is 32.4. The fraction of sp³-hybridized carbons (Fsp3) is 0.371. The Hall–Kier alpha value is -8.72. The van der Waals surface area contributed by atoms with Gasteiger partial charge in [0.15, 0.2) is 0 Å². The molecule has 0 saturated carbocycles. The highest BCUT2D eigenvalue weighted by molar-refractivity contribution is 6.35. The van der Waals surface area contributed by atoms with Gasteiger partial charge in [0, 0.05) is 118 Å². The molecule has 2 unspecified atom stereocenters. The van der Waals surface area contributed by atoms with E-state index in [1.165, 1.54) is 12.7 Å². The predicted molar refractivity (Wildman–Crippen MR) is 376 cm³/mol. The van der Waals surface area contributed by atoms with E-state index in [1.54, 1.807) is 107 Å². The van der Waals surface area contributed by atoms with Crippen molar-refractivity contribution in [3.05, 3.63) is 224 Å². The molecule has 28 heteroatoms. The summed E-state index contributed by atoms with van der Waals surface area (Å²) in [5.41, 5.74) is 3.22. The van der Waals surface area contributed by atoms with E-state index in [0.29, 0.717) is 68.9 Å². The van der Waals surface area contributed by atoms with Crippen molar-refractivity contribution in [1.82, 2.24) is 58.2 Å². The zero-order valence-corrected chi connectivity index (χ0v) is 55.2. The maximum absolute atomic E-state index is 13.3. The molecule has 10 aromatic rings. The van der Waals surface area contributed by atoms with Crippen LogP contribution in [0, 0.1) is 0 Å². The standard InChI is InChI=1S/2C35H38Cl2N8O4/c2*1-3-25(2)45-34(46)44(24-40-45)29-7-5-27(6-8-29)41-14-16-42(17-15-41)28-9-11-30(12-10-28)47-19-31-20-48-35(49-31,21-43-23-38-22-39-43)32-13-4-26(36)18-33(32)37/h2*4-13,18,22-25,31H,3,14-17,19-21H2,1-2H3/t2*25?,31-,35-/m10/s1/i2*1D3,2D3,3D2,25D. The Kier molecular flexibility index (Phi) is 15.1. The number of nitrogens with zero attached hydrogens (tertiary/aromatic N) is 16. The zero-order valence-electron chi connectivity index (χ0n) is 70.2. The van der Waals surface area contributed by atoms with Crippen molar-refractivity contribution in [2.24, 2.45) is 0 Å². The molecule has 0 amide bonds. The van der Waals surface area contributed by atoms with Crippen molar-refractivity contribution in [1.29, 1.82) is 0 Å². The fourth-order valence-electron chi connectivity index (χ4n) is 11.9. The average Bonchev–Trinajstić information content (AvgIpc) is 1.54. The molecule has 98 heavy (non-hydrogen) atoms. The van der Waals surface area contributed by atoms with Gasteiger partial charge in [0.2, 0.25) is 11.6 Å². The highest BCUT2D eigenvalue weighted by Gasteiger charge is 2.47. The van der Waals surface area contributed by atoms with Gasteiger partial charge in [-0.05, 0) is 148 Å². The maximum atomic E-state index is 13.3. The summed E-state index contributed by atoms with van der Waals surface area (Å²) in [4.78, 5) is 43.6. The Morgan fingerprint density at radius 2 is 0.857 bits per heavy atom. The Balaban J connectivity index is 0.000000202. The van der Waals surface area contributed by atoms with Crippen molar-refractivity contribution in [2.45, 2.75) is 89.1 Å². The monoisotopic (exact) mass is 1430 g/mol. The van der Waals surface area contributed by atoms with E-state index < -0.39 is 87.4 Å². The van der Waals surface area contributed by atoms with Crippen molar-refractivity contribution in [3.63, 3.8) is 0 Å². The van der Waals surface area contributed by atoms with E-state index in [2.05, 4.69) is 50.0 Å². The second-order valence-electron chi connectivity index (χ2n) is 23.0. The minimum absolute atomic E-state index is 0.0872. The number of rotatable bonds is 22. The Morgan fingerprint density at radius 1 is 0.500 bits per heavy atom. The number of benzene rings is 6. The Bertz CT molecular complexity index is 4850. The van der Waals surface area contributed by atoms with Gasteiger partial charge in [-0.25, -0.2) is 47.4 Å². The van der Waals surface area contributed by atoms with E-state index in [-0.39, 0.29) is 60.3 Å². The van der Waals surface area contributed by atoms with Gasteiger partial charge in [-0.15, -0.1) is 0 Å². The Morgan fingerprint density at radius 3 is 1.18 bits per heavy atom. The molecule has 512 valence electrons. The molecule has 0 aliphatic carbocycles. The van der Waals surface area contributed by atoms with Crippen LogP contribution in [0.3, 0.4) is 0 Å². The lowest BCUT2D eigenvalue weighted by Crippen LogP contribution is -2.46. The first-order chi connectivity index (χ1) is 54.7. The summed E-state index contributed by atoms with van der Waals surface area (Å²) >= 11 is 25.4. The molecule has 24 nitrogen and oxygen atoms in total. The van der Waals surface area contributed by atoms with Crippen molar-refractivity contribution in [3.8, 4) is 22.9 Å². The van der Waals surface area contributed by atoms with Gasteiger partial charge in [0.25, 0.3) is 0 Å². The highest BCUT2D eigenvalue weighted by Crippen LogP contribution is 2.43. The van der Waals surface area contributed by atoms with Gasteiger partial charge in [0.05, 0.1) is 49.4 Å². The molecule has 6 atom stereocenters. The second-order valence-corrected chi connectivity index (χ2v) is 24.7. The highest BCUT2D eigenvalue weighted by atomic mass is 35.5. The van der Waals surface area contributed by atoms with Crippen LogP contribution >= 0.6 is 46.4 Å². The smallest absolute Gasteiger partial charge is 0.350 e. The molecular formula is C70H76Cl4N16O8. The molecule has 8 heterocycles. The number of hydrogen-bond donors (Lipinski definition) is 0. The lowest BCUT2D eigenvalue weighted by atomic mass is 10.1. The third-order valence-electron chi connectivity index (χ3n) is 16.9. The van der Waals surface area contributed by atoms with E-state index in [9.17, 15) is 9.59 Å². The van der Waals surface area contributed by atoms with Crippen LogP contribution in [0.25, 0.3) is 11.4 Å². The van der Waals surface area contributed by atoms with Crippen LogP contribution in [0.5, 0.6) is 11.5 Å². The van der Waals surface area contributed by atoms with Crippen LogP contribution in [0.15, 0.2) is 181 Å². The number of ether oxygens (including phenoxy) is 6. The summed E-state index contributed by atoms with van der Waals surface area (Å²) in [6, 6.07) is 32.3. The molecule has 6 aromatic carbocycles. The summed E-state index contributed by atoms with van der Waals surface area (Å²) in [5, 5.41) is 17.6. The zero-order chi connectivity index (χ0) is 83.3. The number of aromatic nitrogens is 12. The molecule has 4 aliphatic rings. The lowest BCUT2D eigenvalue weighted by molar-refractivity contribution is -0.191. The SMILES string of the molecule is [2H]C([2H])([2H])C([2H])([2H])C([2H])(n1ncn(-c2ccc(N3CCN(c4ccc(OC[C@@H]5CO[C@@](Cn6cncn6)(c6ccc(Cl)cc6Cl)O5)cc4)CC3)cc2)c1=O)C([2H])([2H])[2H].[2H]C([2H])([2H])C([2H])([2H])C([2H])(n1ncn(-c2ccc(N3CCN(c4ccc(OC[C@H]5CO[C@](Cn6cncn6)(c6ccc(Cl)cc6Cl)O5)cc4)CC3)cc2)c1=O)C([2H])([2H])[2H]. The van der Waals surface area contributed by atoms with Gasteiger partial charge in [-0.3, -0.25) is 0 Å². The third-order valence-corrected chi connectivity index (χ3v) is 18.0. The number of anilines is 4. The maximum Gasteiger partial charge on any atom is 0.350 e. The lowest BCUT2D eigenvalue weighted by Gasteiger charge is -2.37. The molecule has 0 bridgehead atoms. The van der Waals surface area contributed by atoms with Crippen molar-refractivity contribution < 1.29 is 53.1 Å². The molecule has 14 rings (SSSR count). The van der Waals surface area contributed by atoms with Gasteiger partial charge >= 0.3 is 11.4 Å². The molecular weight excluding hydrogens is 1330 g/mol. The van der Waals surface area contributed by atoms with Crippen molar-refractivity contribution in [2.75, 3.05) is 98.4 Å². The summed E-state index contributed by atoms with van der Waals surface area (Å²) < 4.78 is 185. The van der Waals surface area contributed by atoms with Crippen LogP contribution in [-0.4, -0.2) is 149 Å². The van der Waals surface area contributed by atoms with E-state index in [0.717, 1.165) is 70.7 Å². The quantitative estimate of drug-likeness (QED) is 0.0618. The molecule has 4 aliphatic heterocycles. The Labute approximate surface area is 612 Å². The number of hydrogen-bond acceptors (Lipinski definition) is 18. The van der Waals surface area contributed by atoms with Crippen molar-refractivity contribution >= 4 is 69.2 Å². The van der Waals surface area contributed by atoms with Crippen LogP contribution < -0.4 is 40.5 Å². The summed E-state index contributed by atoms with van der Waals surface area (Å²) in [6.07, 6.45) is -0.213. The summed E-state index contributed by atoms with van der Waals surface area (Å²) in [5.74, 6) is -1.11. The number of piperazine rings is 2. The van der Waals surface area contributed by atoms with E-state index >= 15 is 0 Å². The molecule has 4 fully saturated rings. The van der Waals surface area contributed by atoms with Crippen LogP contribution in [-0.2, 0) is 43.6 Å². The fourth-order valence-corrected chi connectivity index (χ4v) is 13.0. The van der Waals surface area contributed by atoms with Crippen LogP contribution in [0.4, 0.5) is 22.7 Å². The second kappa shape index (κ2) is 30.2. The predicted octanol–water partition coefficient (Wildman–Crippen LogP) is 11.2. The molecule has 0 N–H and O–H groups in total. The van der Waals surface area contributed by atoms with E-state index in [4.69, 9.17) is 99.5 Å². The van der Waals surface area contributed by atoms with Crippen LogP contribution in [0.2, 0.25) is 20.1 Å². The molecule has 4 aromatic heterocycles. The van der Waals surface area contributed by atoms with Gasteiger partial charge in [0.1, 0.15) is 88.0 Å². The average molecular weight is 1430 g/mol. The largest absolute Gasteiger partial charge is 0.491 e. The molecule has 4 saturated heterocycles. The number of halogens is 4. The van der Waals surface area contributed by atoms with Gasteiger partial charge in [-0.2, -0.15) is 20.4 Å². The normalized spacial score (nSPS) is 24.3. The first-order valence-electron chi connectivity index (χ1n) is 39.9. The minimum atomic E-state index is -3.65. The topological polar surface area (TPSA) is 209 Å². The molecule has 0 radical (unpaired) electrons. The van der Waals surface area contributed by atoms with Crippen LogP contribution in [0.1, 0.15) is 88.0 Å². The van der Waals surface area contributed by atoms with Gasteiger partial charge < -0.3 is 48.0 Å². The first kappa shape index (κ1) is 48.9. The summed E-state index contributed by atoms with van der Waals surface area (Å²) in [6.45, 7) is -7.16. The minimum Gasteiger partial charge on any atom is -0.491 e. The molecule has 0 spiro atoms. The van der Waals surface area contributed by atoms with Gasteiger partial charge in [-0.1, -0.05) is 72.2 Å².